The number of carbonyl (C=O) groups is 1. The number of rotatable bonds is 8. The normalized spacial score (nSPS) is 10.5. The number of anilines is 1. The van der Waals surface area contributed by atoms with E-state index < -0.39 is 0 Å². The van der Waals surface area contributed by atoms with E-state index in [2.05, 4.69) is 29.5 Å². The van der Waals surface area contributed by atoms with Crippen LogP contribution in [0.25, 0.3) is 0 Å². The van der Waals surface area contributed by atoms with Gasteiger partial charge in [0, 0.05) is 17.9 Å². The van der Waals surface area contributed by atoms with Gasteiger partial charge in [-0.15, -0.1) is 0 Å². The van der Waals surface area contributed by atoms with Gasteiger partial charge < -0.3 is 4.57 Å². The van der Waals surface area contributed by atoms with Gasteiger partial charge in [-0.2, -0.15) is 5.26 Å². The molecule has 0 atom stereocenters. The third kappa shape index (κ3) is 4.86. The number of nitriles is 1. The summed E-state index contributed by atoms with van der Waals surface area (Å²) in [6.07, 6.45) is 2.20. The van der Waals surface area contributed by atoms with Crippen LogP contribution in [0.15, 0.2) is 35.5 Å². The van der Waals surface area contributed by atoms with E-state index in [9.17, 15) is 4.79 Å². The first kappa shape index (κ1) is 19.1. The Labute approximate surface area is 153 Å². The van der Waals surface area contributed by atoms with Crippen molar-refractivity contribution in [2.24, 2.45) is 0 Å². The van der Waals surface area contributed by atoms with Gasteiger partial charge in [0.1, 0.15) is 6.54 Å². The van der Waals surface area contributed by atoms with E-state index in [0.29, 0.717) is 0 Å². The number of benzene rings is 1. The number of thioether (sulfide) groups is 1. The second-order valence-corrected chi connectivity index (χ2v) is 6.78. The third-order valence-electron chi connectivity index (χ3n) is 4.08. The topological polar surface area (TPSA) is 61.9 Å². The molecular formula is C19H24N4OS. The Bertz CT molecular complexity index is 749. The first-order chi connectivity index (χ1) is 12.1. The van der Waals surface area contributed by atoms with Gasteiger partial charge in [-0.3, -0.25) is 9.69 Å². The Hall–Kier alpha value is -2.26. The molecule has 0 unspecified atom stereocenters. The number of carbonyl (C=O) groups excluding carboxylic acids is 1. The van der Waals surface area contributed by atoms with Crippen LogP contribution < -0.4 is 4.90 Å². The number of unbranched alkanes of at least 4 members (excludes halogenated alkanes) is 1. The molecule has 132 valence electrons. The fourth-order valence-electron chi connectivity index (χ4n) is 2.52. The van der Waals surface area contributed by atoms with Gasteiger partial charge >= 0.3 is 0 Å². The summed E-state index contributed by atoms with van der Waals surface area (Å²) in [6.45, 7) is 7.19. The fourth-order valence-corrected chi connectivity index (χ4v) is 3.51. The Morgan fingerprint density at radius 2 is 2.04 bits per heavy atom. The molecule has 25 heavy (non-hydrogen) atoms. The second-order valence-electron chi connectivity index (χ2n) is 5.83. The van der Waals surface area contributed by atoms with E-state index in [1.165, 1.54) is 16.7 Å². The summed E-state index contributed by atoms with van der Waals surface area (Å²) in [7, 11) is 0. The van der Waals surface area contributed by atoms with Crippen LogP contribution >= 0.6 is 11.8 Å². The van der Waals surface area contributed by atoms with Crippen LogP contribution in [0.3, 0.4) is 0 Å². The van der Waals surface area contributed by atoms with Gasteiger partial charge in [0.05, 0.1) is 17.5 Å². The number of aryl methyl sites for hydroxylation is 1. The lowest BCUT2D eigenvalue weighted by molar-refractivity contribution is -0.116. The maximum atomic E-state index is 12.6. The predicted octanol–water partition coefficient (Wildman–Crippen LogP) is 3.95. The Morgan fingerprint density at radius 1 is 1.32 bits per heavy atom. The molecule has 0 aliphatic carbocycles. The molecule has 0 bridgehead atoms. The van der Waals surface area contributed by atoms with Gasteiger partial charge in [0.25, 0.3) is 0 Å². The van der Waals surface area contributed by atoms with E-state index in [-0.39, 0.29) is 18.2 Å². The lowest BCUT2D eigenvalue weighted by Crippen LogP contribution is -2.32. The maximum Gasteiger partial charge on any atom is 0.238 e. The molecule has 1 heterocycles. The molecule has 2 rings (SSSR count). The molecule has 6 heteroatoms. The average molecular weight is 356 g/mol. The van der Waals surface area contributed by atoms with Gasteiger partial charge in [-0.05, 0) is 32.4 Å². The smallest absolute Gasteiger partial charge is 0.238 e. The molecule has 0 spiro atoms. The van der Waals surface area contributed by atoms with Gasteiger partial charge in [-0.1, -0.05) is 43.3 Å². The molecule has 0 fully saturated rings. The summed E-state index contributed by atoms with van der Waals surface area (Å²) < 4.78 is 2.19. The number of amides is 1. The van der Waals surface area contributed by atoms with Crippen molar-refractivity contribution >= 4 is 23.4 Å². The minimum absolute atomic E-state index is 0.0474. The number of imidazole rings is 1. The van der Waals surface area contributed by atoms with Crippen molar-refractivity contribution in [2.45, 2.75) is 45.3 Å². The van der Waals surface area contributed by atoms with Crippen LogP contribution in [0.2, 0.25) is 0 Å². The standard InChI is InChI=1S/C19H24N4OS/c1-4-5-12-22-16(3)15(2)21-19(22)25-14-18(24)23(13-11-20)17-9-7-6-8-10-17/h6-10H,4-5,12-14H2,1-3H3. The van der Waals surface area contributed by atoms with Crippen molar-refractivity contribution in [3.05, 3.63) is 41.7 Å². The molecule has 2 aromatic rings. The van der Waals surface area contributed by atoms with Gasteiger partial charge in [-0.25, -0.2) is 4.98 Å². The van der Waals surface area contributed by atoms with Crippen molar-refractivity contribution in [3.63, 3.8) is 0 Å². The number of hydrogen-bond donors (Lipinski definition) is 0. The summed E-state index contributed by atoms with van der Waals surface area (Å²) in [5, 5.41) is 9.92. The predicted molar refractivity (Wildman–Crippen MR) is 102 cm³/mol. The highest BCUT2D eigenvalue weighted by Gasteiger charge is 2.18. The SMILES string of the molecule is CCCCn1c(SCC(=O)N(CC#N)c2ccccc2)nc(C)c1C. The van der Waals surface area contributed by atoms with Gasteiger partial charge in [0.15, 0.2) is 5.16 Å². The zero-order valence-electron chi connectivity index (χ0n) is 15.0. The number of hydrogen-bond acceptors (Lipinski definition) is 4. The van der Waals surface area contributed by atoms with Crippen molar-refractivity contribution < 1.29 is 4.79 Å². The quantitative estimate of drug-likeness (QED) is 0.531. The van der Waals surface area contributed by atoms with Crippen LogP contribution in [-0.4, -0.2) is 27.8 Å². The Kier molecular flexibility index (Phi) is 7.08. The van der Waals surface area contributed by atoms with Gasteiger partial charge in [0.2, 0.25) is 5.91 Å². The molecule has 1 amide bonds. The summed E-state index contributed by atoms with van der Waals surface area (Å²) >= 11 is 1.44. The van der Waals surface area contributed by atoms with Crippen molar-refractivity contribution in [1.29, 1.82) is 5.26 Å². The summed E-state index contributed by atoms with van der Waals surface area (Å²) in [6, 6.07) is 11.4. The number of nitrogens with zero attached hydrogens (tertiary/aromatic N) is 4. The minimum atomic E-state index is -0.0851. The van der Waals surface area contributed by atoms with E-state index in [1.807, 2.05) is 37.3 Å². The van der Waals surface area contributed by atoms with Crippen molar-refractivity contribution in [3.8, 4) is 6.07 Å². The number of para-hydroxylation sites is 1. The van der Waals surface area contributed by atoms with Crippen LogP contribution in [0, 0.1) is 25.2 Å². The van der Waals surface area contributed by atoms with E-state index in [1.54, 1.807) is 0 Å². The molecule has 0 saturated carbocycles. The molecule has 0 saturated heterocycles. The Morgan fingerprint density at radius 3 is 2.68 bits per heavy atom. The van der Waals surface area contributed by atoms with Crippen LogP contribution in [-0.2, 0) is 11.3 Å². The Balaban J connectivity index is 2.10. The highest BCUT2D eigenvalue weighted by atomic mass is 32.2. The third-order valence-corrected chi connectivity index (χ3v) is 5.04. The molecule has 0 aliphatic rings. The fraction of sp³-hybridized carbons (Fsp3) is 0.421. The maximum absolute atomic E-state index is 12.6. The molecule has 0 aliphatic heterocycles. The van der Waals surface area contributed by atoms with E-state index in [0.717, 1.165) is 41.6 Å². The second kappa shape index (κ2) is 9.28. The van der Waals surface area contributed by atoms with Crippen LogP contribution in [0.5, 0.6) is 0 Å². The molecule has 1 aromatic heterocycles. The first-order valence-electron chi connectivity index (χ1n) is 8.47. The van der Waals surface area contributed by atoms with E-state index >= 15 is 0 Å². The number of aromatic nitrogens is 2. The molecule has 0 N–H and O–H groups in total. The summed E-state index contributed by atoms with van der Waals surface area (Å²) in [5.74, 6) is 0.177. The molecule has 5 nitrogen and oxygen atoms in total. The summed E-state index contributed by atoms with van der Waals surface area (Å²) in [4.78, 5) is 18.8. The van der Waals surface area contributed by atoms with Crippen molar-refractivity contribution in [2.75, 3.05) is 17.2 Å². The lowest BCUT2D eigenvalue weighted by Gasteiger charge is -2.19. The molecular weight excluding hydrogens is 332 g/mol. The van der Waals surface area contributed by atoms with Crippen LogP contribution in [0.1, 0.15) is 31.2 Å². The van der Waals surface area contributed by atoms with Crippen LogP contribution in [0.4, 0.5) is 5.69 Å². The van der Waals surface area contributed by atoms with E-state index in [4.69, 9.17) is 5.26 Å². The highest BCUT2D eigenvalue weighted by Crippen LogP contribution is 2.23. The zero-order valence-corrected chi connectivity index (χ0v) is 15.8. The molecule has 1 aromatic carbocycles. The zero-order chi connectivity index (χ0) is 18.2. The summed E-state index contributed by atoms with van der Waals surface area (Å²) in [5.41, 5.74) is 2.90. The molecule has 0 radical (unpaired) electrons. The minimum Gasteiger partial charge on any atom is -0.323 e. The average Bonchev–Trinajstić information content (AvgIpc) is 2.90. The monoisotopic (exact) mass is 356 g/mol. The highest BCUT2D eigenvalue weighted by molar-refractivity contribution is 7.99. The first-order valence-corrected chi connectivity index (χ1v) is 9.46. The lowest BCUT2D eigenvalue weighted by atomic mass is 10.3. The van der Waals surface area contributed by atoms with Crippen molar-refractivity contribution in [1.82, 2.24) is 9.55 Å². The largest absolute Gasteiger partial charge is 0.323 e.